The molecule has 0 saturated carbocycles. The van der Waals surface area contributed by atoms with E-state index in [1.807, 2.05) is 0 Å². The van der Waals surface area contributed by atoms with Crippen LogP contribution in [0.1, 0.15) is 16.9 Å². The fourth-order valence-corrected chi connectivity index (χ4v) is 4.24. The Hall–Kier alpha value is -2.54. The fourth-order valence-electron chi connectivity index (χ4n) is 3.02. The van der Waals surface area contributed by atoms with Gasteiger partial charge in [0.05, 0.1) is 11.7 Å². The molecule has 2 aromatic heterocycles. The van der Waals surface area contributed by atoms with Gasteiger partial charge in [0.2, 0.25) is 5.91 Å². The summed E-state index contributed by atoms with van der Waals surface area (Å²) >= 11 is 1.57. The third-order valence-electron chi connectivity index (χ3n) is 4.13. The maximum Gasteiger partial charge on any atom is 0.262 e. The zero-order valence-electron chi connectivity index (χ0n) is 12.7. The van der Waals surface area contributed by atoms with Crippen LogP contribution in [0.25, 0.3) is 10.2 Å². The molecule has 0 fully saturated rings. The van der Waals surface area contributed by atoms with Gasteiger partial charge in [-0.25, -0.2) is 9.37 Å². The summed E-state index contributed by atoms with van der Waals surface area (Å²) < 4.78 is 14.2. The summed E-state index contributed by atoms with van der Waals surface area (Å²) in [4.78, 5) is 31.1. The summed E-state index contributed by atoms with van der Waals surface area (Å²) in [5.74, 6) is -0.720. The van der Waals surface area contributed by atoms with Gasteiger partial charge in [-0.2, -0.15) is 0 Å². The monoisotopic (exact) mass is 343 g/mol. The first-order valence-corrected chi connectivity index (χ1v) is 8.48. The molecule has 1 aliphatic carbocycles. The number of halogens is 1. The number of nitrogens with zero attached hydrogens (tertiary/aromatic N) is 2. The van der Waals surface area contributed by atoms with Crippen molar-refractivity contribution in [1.82, 2.24) is 9.55 Å². The van der Waals surface area contributed by atoms with Gasteiger partial charge < -0.3 is 5.32 Å². The lowest BCUT2D eigenvalue weighted by Gasteiger charge is -2.07. The number of carbonyl (C=O) groups excluding carboxylic acids is 1. The van der Waals surface area contributed by atoms with E-state index in [0.29, 0.717) is 11.1 Å². The molecule has 4 rings (SSSR count). The summed E-state index contributed by atoms with van der Waals surface area (Å²) in [6.45, 7) is -0.121. The fraction of sp³-hybridized carbons (Fsp3) is 0.235. The third-order valence-corrected chi connectivity index (χ3v) is 5.33. The number of nitrogens with one attached hydrogen (secondary N) is 1. The third kappa shape index (κ3) is 2.60. The van der Waals surface area contributed by atoms with E-state index in [4.69, 9.17) is 0 Å². The van der Waals surface area contributed by atoms with E-state index in [9.17, 15) is 14.0 Å². The number of fused-ring (bicyclic) bond motifs is 3. The van der Waals surface area contributed by atoms with Gasteiger partial charge in [-0.05, 0) is 49.1 Å². The van der Waals surface area contributed by atoms with Crippen molar-refractivity contribution in [2.45, 2.75) is 25.8 Å². The van der Waals surface area contributed by atoms with Crippen molar-refractivity contribution in [2.75, 3.05) is 5.32 Å². The first-order valence-electron chi connectivity index (χ1n) is 7.67. The molecule has 122 valence electrons. The van der Waals surface area contributed by atoms with Crippen LogP contribution < -0.4 is 10.9 Å². The minimum absolute atomic E-state index is 0.121. The molecule has 1 aromatic carbocycles. The number of benzene rings is 1. The predicted octanol–water partition coefficient (Wildman–Crippen LogP) is 2.72. The number of thiophene rings is 1. The smallest absolute Gasteiger partial charge is 0.262 e. The van der Waals surface area contributed by atoms with Crippen LogP contribution in [-0.4, -0.2) is 15.5 Å². The number of hydrogen-bond acceptors (Lipinski definition) is 4. The van der Waals surface area contributed by atoms with Crippen molar-refractivity contribution in [2.24, 2.45) is 0 Å². The standard InChI is InChI=1S/C17H14FN3O2S/c18-10-4-6-11(7-5-10)20-14(22)8-21-9-19-16-15(17(21)23)12-2-1-3-13(12)24-16/h4-7,9H,1-3,8H2,(H,20,22). The number of amides is 1. The normalized spacial score (nSPS) is 13.2. The Morgan fingerprint density at radius 1 is 1.29 bits per heavy atom. The van der Waals surface area contributed by atoms with Crippen LogP contribution in [0.15, 0.2) is 35.4 Å². The molecule has 0 radical (unpaired) electrons. The highest BCUT2D eigenvalue weighted by Crippen LogP contribution is 2.34. The van der Waals surface area contributed by atoms with Crippen LogP contribution in [0.3, 0.4) is 0 Å². The molecule has 1 amide bonds. The van der Waals surface area contributed by atoms with E-state index < -0.39 is 0 Å². The van der Waals surface area contributed by atoms with E-state index in [1.54, 1.807) is 11.3 Å². The Balaban J connectivity index is 1.60. The summed E-state index contributed by atoms with van der Waals surface area (Å²) in [5.41, 5.74) is 1.41. The van der Waals surface area contributed by atoms with Gasteiger partial charge in [0.1, 0.15) is 17.2 Å². The molecule has 2 heterocycles. The molecule has 0 bridgehead atoms. The lowest BCUT2D eigenvalue weighted by atomic mass is 10.2. The van der Waals surface area contributed by atoms with Crippen LogP contribution >= 0.6 is 11.3 Å². The summed E-state index contributed by atoms with van der Waals surface area (Å²) in [5, 5.41) is 3.31. The minimum Gasteiger partial charge on any atom is -0.325 e. The van der Waals surface area contributed by atoms with Gasteiger partial charge in [0, 0.05) is 10.6 Å². The SMILES string of the molecule is O=C(Cn1cnc2sc3c(c2c1=O)CCC3)Nc1ccc(F)cc1. The molecule has 0 aliphatic heterocycles. The Bertz CT molecular complexity index is 991. The van der Waals surface area contributed by atoms with Gasteiger partial charge in [-0.3, -0.25) is 14.2 Å². The molecule has 3 aromatic rings. The summed E-state index contributed by atoms with van der Waals surface area (Å²) in [7, 11) is 0. The van der Waals surface area contributed by atoms with Crippen molar-refractivity contribution in [3.05, 3.63) is 57.2 Å². The highest BCUT2D eigenvalue weighted by atomic mass is 32.1. The Kier molecular flexibility index (Phi) is 3.65. The van der Waals surface area contributed by atoms with Crippen molar-refractivity contribution in [3.8, 4) is 0 Å². The van der Waals surface area contributed by atoms with Gasteiger partial charge in [0.15, 0.2) is 0 Å². The Morgan fingerprint density at radius 2 is 2.08 bits per heavy atom. The number of aromatic nitrogens is 2. The van der Waals surface area contributed by atoms with E-state index in [-0.39, 0.29) is 23.8 Å². The van der Waals surface area contributed by atoms with Crippen LogP contribution in [-0.2, 0) is 24.2 Å². The summed E-state index contributed by atoms with van der Waals surface area (Å²) in [6, 6.07) is 5.49. The molecule has 24 heavy (non-hydrogen) atoms. The van der Waals surface area contributed by atoms with E-state index in [2.05, 4.69) is 10.3 Å². The van der Waals surface area contributed by atoms with Gasteiger partial charge >= 0.3 is 0 Å². The van der Waals surface area contributed by atoms with Crippen LogP contribution in [0.5, 0.6) is 0 Å². The first-order chi connectivity index (χ1) is 11.6. The molecule has 0 unspecified atom stereocenters. The van der Waals surface area contributed by atoms with Crippen molar-refractivity contribution < 1.29 is 9.18 Å². The molecule has 0 spiro atoms. The number of anilines is 1. The topological polar surface area (TPSA) is 64.0 Å². The zero-order valence-corrected chi connectivity index (χ0v) is 13.5. The molecule has 0 atom stereocenters. The lowest BCUT2D eigenvalue weighted by Crippen LogP contribution is -2.28. The maximum absolute atomic E-state index is 12.9. The second-order valence-corrected chi connectivity index (χ2v) is 6.85. The second kappa shape index (κ2) is 5.83. The van der Waals surface area contributed by atoms with E-state index in [0.717, 1.165) is 29.7 Å². The van der Waals surface area contributed by atoms with Crippen molar-refractivity contribution in [3.63, 3.8) is 0 Å². The van der Waals surface area contributed by atoms with Crippen LogP contribution in [0, 0.1) is 5.82 Å². The Morgan fingerprint density at radius 3 is 2.88 bits per heavy atom. The average Bonchev–Trinajstić information content (AvgIpc) is 3.13. The highest BCUT2D eigenvalue weighted by Gasteiger charge is 2.21. The van der Waals surface area contributed by atoms with Gasteiger partial charge in [-0.1, -0.05) is 0 Å². The number of hydrogen-bond donors (Lipinski definition) is 1. The molecule has 5 nitrogen and oxygen atoms in total. The van der Waals surface area contributed by atoms with Crippen LogP contribution in [0.2, 0.25) is 0 Å². The quantitative estimate of drug-likeness (QED) is 0.795. The maximum atomic E-state index is 12.9. The van der Waals surface area contributed by atoms with Crippen molar-refractivity contribution in [1.29, 1.82) is 0 Å². The Labute approximate surface area is 140 Å². The molecular weight excluding hydrogens is 329 g/mol. The van der Waals surface area contributed by atoms with Gasteiger partial charge in [-0.15, -0.1) is 11.3 Å². The zero-order chi connectivity index (χ0) is 16.7. The molecule has 0 saturated heterocycles. The number of rotatable bonds is 3. The lowest BCUT2D eigenvalue weighted by molar-refractivity contribution is -0.116. The molecule has 7 heteroatoms. The number of aryl methyl sites for hydroxylation is 2. The second-order valence-electron chi connectivity index (χ2n) is 5.77. The van der Waals surface area contributed by atoms with E-state index >= 15 is 0 Å². The van der Waals surface area contributed by atoms with E-state index in [1.165, 1.54) is 40.0 Å². The average molecular weight is 343 g/mol. The van der Waals surface area contributed by atoms with Gasteiger partial charge in [0.25, 0.3) is 5.56 Å². The first kappa shape index (κ1) is 15.0. The summed E-state index contributed by atoms with van der Waals surface area (Å²) in [6.07, 6.45) is 4.38. The molecule has 1 N–H and O–H groups in total. The van der Waals surface area contributed by atoms with Crippen LogP contribution in [0.4, 0.5) is 10.1 Å². The predicted molar refractivity (Wildman–Crippen MR) is 90.9 cm³/mol. The number of carbonyl (C=O) groups is 1. The molecular formula is C17H14FN3O2S. The molecule has 1 aliphatic rings. The minimum atomic E-state index is -0.370. The van der Waals surface area contributed by atoms with Crippen molar-refractivity contribution >= 4 is 33.1 Å². The largest absolute Gasteiger partial charge is 0.325 e. The highest BCUT2D eigenvalue weighted by molar-refractivity contribution is 7.18.